The minimum absolute atomic E-state index is 0.163. The maximum Gasteiger partial charge on any atom is 0.241 e. The van der Waals surface area contributed by atoms with Gasteiger partial charge in [-0.1, -0.05) is 47.7 Å². The molecule has 0 unspecified atom stereocenters. The molecule has 0 spiro atoms. The van der Waals surface area contributed by atoms with E-state index in [0.717, 1.165) is 26.0 Å². The predicted octanol–water partition coefficient (Wildman–Crippen LogP) is 6.09. The van der Waals surface area contributed by atoms with Crippen LogP contribution < -0.4 is 9.21 Å². The predicted molar refractivity (Wildman–Crippen MR) is 181 cm³/mol. The lowest BCUT2D eigenvalue weighted by atomic mass is 10.1. The van der Waals surface area contributed by atoms with Crippen molar-refractivity contribution in [3.8, 4) is 11.3 Å². The number of hydrogen-bond donors (Lipinski definition) is 0. The summed E-state index contributed by atoms with van der Waals surface area (Å²) in [6.45, 7) is 9.93. The normalized spacial score (nSPS) is 14.3. The molecule has 0 bridgehead atoms. The van der Waals surface area contributed by atoms with Crippen LogP contribution in [0.2, 0.25) is 25.7 Å². The molecule has 0 N–H and O–H groups in total. The van der Waals surface area contributed by atoms with E-state index in [2.05, 4.69) is 50.4 Å². The number of rotatable bonds is 13. The van der Waals surface area contributed by atoms with Crippen molar-refractivity contribution in [2.45, 2.75) is 38.2 Å². The van der Waals surface area contributed by atoms with Crippen molar-refractivity contribution in [2.75, 3.05) is 56.0 Å². The molecule has 14 heteroatoms. The standard InChI is InChI=1S/C31H39BrFN5O5SSi/c1-41-22-38(44(39,40)19-23-6-5-7-24(32)16-23)25-8-9-26(28(33)17-25)29-18-27-30(36-10-12-42-13-11-36)34-20-35-31(27)37(29)21-43-14-15-45(2,3)4/h5-9,16-18,20H,10-15,19,21-22H2,1-4H3. The Kier molecular flexibility index (Phi) is 10.6. The van der Waals surface area contributed by atoms with Crippen LogP contribution in [0.15, 0.2) is 59.3 Å². The molecule has 4 aromatic rings. The van der Waals surface area contributed by atoms with E-state index in [4.69, 9.17) is 14.2 Å². The number of fused-ring (bicyclic) bond motifs is 1. The summed E-state index contributed by atoms with van der Waals surface area (Å²) < 4.78 is 63.8. The largest absolute Gasteiger partial charge is 0.378 e. The Morgan fingerprint density at radius 3 is 2.56 bits per heavy atom. The SMILES string of the molecule is COCN(c1ccc(-c2cc3c(N4CCOCC4)ncnc3n2COCC[Si](C)(C)C)c(F)c1)S(=O)(=O)Cc1cccc(Br)c1. The van der Waals surface area contributed by atoms with Crippen molar-refractivity contribution in [2.24, 2.45) is 0 Å². The summed E-state index contributed by atoms with van der Waals surface area (Å²) in [5.41, 5.74) is 2.25. The molecule has 0 amide bonds. The molecule has 5 rings (SSSR count). The first kappa shape index (κ1) is 33.5. The first-order valence-electron chi connectivity index (χ1n) is 14.8. The van der Waals surface area contributed by atoms with Gasteiger partial charge in [-0.25, -0.2) is 27.1 Å². The topological polar surface area (TPSA) is 99.0 Å². The highest BCUT2D eigenvalue weighted by Crippen LogP contribution is 2.35. The second kappa shape index (κ2) is 14.3. The zero-order chi connectivity index (χ0) is 32.2. The van der Waals surface area contributed by atoms with E-state index >= 15 is 4.39 Å². The summed E-state index contributed by atoms with van der Waals surface area (Å²) >= 11 is 3.39. The maximum atomic E-state index is 16.1. The van der Waals surface area contributed by atoms with Crippen molar-refractivity contribution in [3.05, 3.63) is 70.7 Å². The van der Waals surface area contributed by atoms with Crippen LogP contribution in [0, 0.1) is 5.82 Å². The van der Waals surface area contributed by atoms with Crippen LogP contribution in [0.4, 0.5) is 15.9 Å². The van der Waals surface area contributed by atoms with E-state index in [1.165, 1.54) is 19.5 Å². The number of hydrogen-bond acceptors (Lipinski definition) is 8. The summed E-state index contributed by atoms with van der Waals surface area (Å²) in [5.74, 6) is -0.101. The Bertz CT molecular complexity index is 1740. The fourth-order valence-electron chi connectivity index (χ4n) is 5.18. The zero-order valence-electron chi connectivity index (χ0n) is 26.0. The van der Waals surface area contributed by atoms with Gasteiger partial charge in [0.15, 0.2) is 0 Å². The molecule has 45 heavy (non-hydrogen) atoms. The number of benzene rings is 2. The lowest BCUT2D eigenvalue weighted by molar-refractivity contribution is 0.0908. The van der Waals surface area contributed by atoms with Gasteiger partial charge in [-0.15, -0.1) is 0 Å². The van der Waals surface area contributed by atoms with Crippen molar-refractivity contribution in [1.29, 1.82) is 0 Å². The first-order valence-corrected chi connectivity index (χ1v) is 20.9. The molecule has 2 aromatic carbocycles. The number of nitrogens with zero attached hydrogens (tertiary/aromatic N) is 5. The molecule has 3 heterocycles. The number of anilines is 2. The third-order valence-electron chi connectivity index (χ3n) is 7.53. The summed E-state index contributed by atoms with van der Waals surface area (Å²) in [7, 11) is -3.83. The highest BCUT2D eigenvalue weighted by Gasteiger charge is 2.26. The van der Waals surface area contributed by atoms with Gasteiger partial charge in [0.05, 0.1) is 35.7 Å². The summed E-state index contributed by atoms with van der Waals surface area (Å²) in [5, 5.41) is 0.782. The van der Waals surface area contributed by atoms with Gasteiger partial charge in [0.1, 0.15) is 37.1 Å². The van der Waals surface area contributed by atoms with E-state index in [-0.39, 0.29) is 24.9 Å². The first-order chi connectivity index (χ1) is 21.5. The Morgan fingerprint density at radius 1 is 1.09 bits per heavy atom. The quantitative estimate of drug-likeness (QED) is 0.0931. The average molecular weight is 721 g/mol. The molecule has 0 aliphatic carbocycles. The van der Waals surface area contributed by atoms with Gasteiger partial charge in [-0.2, -0.15) is 0 Å². The number of methoxy groups -OCH3 is 1. The summed E-state index contributed by atoms with van der Waals surface area (Å²) in [4.78, 5) is 11.3. The van der Waals surface area contributed by atoms with Gasteiger partial charge >= 0.3 is 0 Å². The molecule has 0 radical (unpaired) electrons. The highest BCUT2D eigenvalue weighted by atomic mass is 79.9. The fraction of sp³-hybridized carbons (Fsp3) is 0.419. The lowest BCUT2D eigenvalue weighted by Gasteiger charge is -2.28. The number of aromatic nitrogens is 3. The molecule has 0 atom stereocenters. The average Bonchev–Trinajstić information content (AvgIpc) is 3.36. The number of halogens is 2. The van der Waals surface area contributed by atoms with E-state index < -0.39 is 23.9 Å². The van der Waals surface area contributed by atoms with Gasteiger partial charge in [-0.3, -0.25) is 0 Å². The van der Waals surface area contributed by atoms with E-state index in [1.807, 2.05) is 16.7 Å². The summed E-state index contributed by atoms with van der Waals surface area (Å²) in [6.07, 6.45) is 1.52. The second-order valence-corrected chi connectivity index (χ2v) is 20.6. The van der Waals surface area contributed by atoms with Crippen LogP contribution in [-0.4, -0.2) is 77.8 Å². The van der Waals surface area contributed by atoms with Crippen LogP contribution >= 0.6 is 15.9 Å². The van der Waals surface area contributed by atoms with Crippen LogP contribution in [0.1, 0.15) is 5.56 Å². The Balaban J connectivity index is 1.52. The van der Waals surface area contributed by atoms with Crippen LogP contribution in [0.3, 0.4) is 0 Å². The number of sulfonamides is 1. The smallest absolute Gasteiger partial charge is 0.241 e. The van der Waals surface area contributed by atoms with E-state index in [1.54, 1.807) is 30.3 Å². The molecule has 1 saturated heterocycles. The molecule has 1 fully saturated rings. The monoisotopic (exact) mass is 719 g/mol. The van der Waals surface area contributed by atoms with Gasteiger partial charge in [-0.05, 0) is 48.0 Å². The molecule has 0 saturated carbocycles. The number of morpholine rings is 1. The molecule has 242 valence electrons. The lowest BCUT2D eigenvalue weighted by Crippen LogP contribution is -2.36. The zero-order valence-corrected chi connectivity index (χ0v) is 29.4. The van der Waals surface area contributed by atoms with Crippen molar-refractivity contribution < 1.29 is 27.0 Å². The van der Waals surface area contributed by atoms with Crippen LogP contribution in [0.5, 0.6) is 0 Å². The summed E-state index contributed by atoms with van der Waals surface area (Å²) in [6, 6.07) is 14.4. The Hall–Kier alpha value is -2.88. The Labute approximate surface area is 273 Å². The van der Waals surface area contributed by atoms with Crippen LogP contribution in [-0.2, 0) is 36.7 Å². The van der Waals surface area contributed by atoms with Gasteiger partial charge in [0.25, 0.3) is 0 Å². The van der Waals surface area contributed by atoms with E-state index in [9.17, 15) is 8.42 Å². The van der Waals surface area contributed by atoms with Gasteiger partial charge in [0, 0.05) is 44.9 Å². The molecule has 1 aliphatic heterocycles. The van der Waals surface area contributed by atoms with E-state index in [0.29, 0.717) is 55.4 Å². The van der Waals surface area contributed by atoms with Gasteiger partial charge < -0.3 is 23.7 Å². The number of ether oxygens (including phenoxy) is 3. The van der Waals surface area contributed by atoms with Crippen LogP contribution in [0.25, 0.3) is 22.3 Å². The second-order valence-electron chi connectivity index (χ2n) is 12.2. The van der Waals surface area contributed by atoms with Crippen molar-refractivity contribution in [3.63, 3.8) is 0 Å². The van der Waals surface area contributed by atoms with Gasteiger partial charge in [0.2, 0.25) is 10.0 Å². The Morgan fingerprint density at radius 2 is 1.87 bits per heavy atom. The molecule has 1 aliphatic rings. The minimum Gasteiger partial charge on any atom is -0.378 e. The minimum atomic E-state index is -3.91. The maximum absolute atomic E-state index is 16.1. The molecular formula is C31H39BrFN5O5SSi. The molecule has 10 nitrogen and oxygen atoms in total. The molecule has 2 aromatic heterocycles. The fourth-order valence-corrected chi connectivity index (χ4v) is 7.84. The highest BCUT2D eigenvalue weighted by molar-refractivity contribution is 9.10. The third kappa shape index (κ3) is 8.10. The third-order valence-corrected chi connectivity index (χ3v) is 11.4. The van der Waals surface area contributed by atoms with Crippen molar-refractivity contribution >= 4 is 56.6 Å². The van der Waals surface area contributed by atoms with Crippen molar-refractivity contribution in [1.82, 2.24) is 14.5 Å². The molecular weight excluding hydrogens is 681 g/mol.